The van der Waals surface area contributed by atoms with Gasteiger partial charge in [0.05, 0.1) is 5.02 Å². The molecular weight excluding hydrogens is 284 g/mol. The highest BCUT2D eigenvalue weighted by Crippen LogP contribution is 2.42. The summed E-state index contributed by atoms with van der Waals surface area (Å²) in [5, 5.41) is 4.07. The van der Waals surface area contributed by atoms with Gasteiger partial charge < -0.3 is 11.1 Å². The van der Waals surface area contributed by atoms with Gasteiger partial charge in [-0.1, -0.05) is 30.2 Å². The summed E-state index contributed by atoms with van der Waals surface area (Å²) < 4.78 is 0.411. The van der Waals surface area contributed by atoms with Crippen molar-refractivity contribution in [2.45, 2.75) is 24.0 Å². The van der Waals surface area contributed by atoms with E-state index in [1.807, 2.05) is 30.0 Å². The first-order chi connectivity index (χ1) is 8.56. The van der Waals surface area contributed by atoms with Gasteiger partial charge in [-0.25, -0.2) is 0 Å². The second-order valence-corrected chi connectivity index (χ2v) is 6.77. The Hall–Kier alpha value is -0.450. The average molecular weight is 301 g/mol. The fourth-order valence-electron chi connectivity index (χ4n) is 2.11. The monoisotopic (exact) mass is 300 g/mol. The lowest BCUT2D eigenvalue weighted by atomic mass is 9.84. The van der Waals surface area contributed by atoms with Crippen molar-refractivity contribution in [1.82, 2.24) is 0 Å². The van der Waals surface area contributed by atoms with Crippen molar-refractivity contribution in [3.05, 3.63) is 28.8 Å². The van der Waals surface area contributed by atoms with Crippen molar-refractivity contribution in [3.8, 4) is 0 Å². The third-order valence-corrected chi connectivity index (χ3v) is 5.50. The van der Waals surface area contributed by atoms with E-state index in [1.165, 1.54) is 19.3 Å². The minimum atomic E-state index is 0.339. The highest BCUT2D eigenvalue weighted by atomic mass is 35.5. The van der Waals surface area contributed by atoms with Gasteiger partial charge in [0.15, 0.2) is 0 Å². The summed E-state index contributed by atoms with van der Waals surface area (Å²) >= 11 is 13.0. The third-order valence-electron chi connectivity index (χ3n) is 3.55. The summed E-state index contributed by atoms with van der Waals surface area (Å²) in [5.74, 6) is 0. The topological polar surface area (TPSA) is 38.0 Å². The molecule has 0 amide bonds. The molecule has 0 unspecified atom stereocenters. The second-order valence-electron chi connectivity index (χ2n) is 4.65. The number of benzene rings is 1. The van der Waals surface area contributed by atoms with Crippen LogP contribution in [0.15, 0.2) is 18.2 Å². The fraction of sp³-hybridized carbons (Fsp3) is 0.462. The predicted molar refractivity (Wildman–Crippen MR) is 85.9 cm³/mol. The number of nitrogens with one attached hydrogen (secondary N) is 1. The Morgan fingerprint density at radius 1 is 1.56 bits per heavy atom. The van der Waals surface area contributed by atoms with E-state index in [9.17, 15) is 0 Å². The first-order valence-electron chi connectivity index (χ1n) is 5.95. The molecule has 2 rings (SSSR count). The van der Waals surface area contributed by atoms with Gasteiger partial charge in [0.2, 0.25) is 0 Å². The lowest BCUT2D eigenvalue weighted by molar-refractivity contribution is 0.380. The van der Waals surface area contributed by atoms with Gasteiger partial charge in [-0.3, -0.25) is 0 Å². The van der Waals surface area contributed by atoms with Gasteiger partial charge in [0.1, 0.15) is 4.99 Å². The summed E-state index contributed by atoms with van der Waals surface area (Å²) in [5.41, 5.74) is 7.35. The molecule has 0 heterocycles. The van der Waals surface area contributed by atoms with Crippen molar-refractivity contribution in [2.75, 3.05) is 18.1 Å². The van der Waals surface area contributed by atoms with E-state index >= 15 is 0 Å². The van der Waals surface area contributed by atoms with Gasteiger partial charge in [0.25, 0.3) is 0 Å². The molecule has 1 saturated carbocycles. The zero-order valence-electron chi connectivity index (χ0n) is 10.3. The van der Waals surface area contributed by atoms with Crippen LogP contribution in [0.4, 0.5) is 5.69 Å². The summed E-state index contributed by atoms with van der Waals surface area (Å²) in [6.45, 7) is 0.983. The molecule has 1 aliphatic carbocycles. The molecule has 0 radical (unpaired) electrons. The molecular formula is C13H17ClN2S2. The summed E-state index contributed by atoms with van der Waals surface area (Å²) in [6.07, 6.45) is 6.10. The molecule has 1 aliphatic rings. The number of thiocarbonyl (C=S) groups is 1. The van der Waals surface area contributed by atoms with Gasteiger partial charge >= 0.3 is 0 Å². The van der Waals surface area contributed by atoms with Gasteiger partial charge in [-0.2, -0.15) is 11.8 Å². The van der Waals surface area contributed by atoms with E-state index in [1.54, 1.807) is 0 Å². The van der Waals surface area contributed by atoms with Crippen molar-refractivity contribution >= 4 is 46.3 Å². The number of rotatable bonds is 5. The quantitative estimate of drug-likeness (QED) is 0.814. The number of halogens is 1. The minimum Gasteiger partial charge on any atom is -0.389 e. The number of nitrogens with two attached hydrogens (primary N) is 1. The van der Waals surface area contributed by atoms with Crippen molar-refractivity contribution in [2.24, 2.45) is 5.73 Å². The number of thioether (sulfide) groups is 1. The molecule has 1 aromatic rings. The molecule has 0 aromatic heterocycles. The highest BCUT2D eigenvalue weighted by molar-refractivity contribution is 8.00. The van der Waals surface area contributed by atoms with Crippen LogP contribution >= 0.6 is 35.6 Å². The normalized spacial score (nSPS) is 17.0. The molecule has 3 N–H and O–H groups in total. The Morgan fingerprint density at radius 2 is 2.28 bits per heavy atom. The van der Waals surface area contributed by atoms with Crippen LogP contribution in [0.25, 0.3) is 0 Å². The minimum absolute atomic E-state index is 0.339. The largest absolute Gasteiger partial charge is 0.389 e. The van der Waals surface area contributed by atoms with E-state index in [0.717, 1.165) is 17.8 Å². The predicted octanol–water partition coefficient (Wildman–Crippen LogP) is 3.67. The van der Waals surface area contributed by atoms with E-state index < -0.39 is 0 Å². The van der Waals surface area contributed by atoms with Crippen LogP contribution in [0.2, 0.25) is 5.02 Å². The van der Waals surface area contributed by atoms with Gasteiger partial charge in [-0.15, -0.1) is 0 Å². The van der Waals surface area contributed by atoms with Crippen LogP contribution < -0.4 is 11.1 Å². The van der Waals surface area contributed by atoms with Crippen LogP contribution in [-0.4, -0.2) is 22.5 Å². The summed E-state index contributed by atoms with van der Waals surface area (Å²) in [7, 11) is 0. The van der Waals surface area contributed by atoms with Crippen LogP contribution in [0, 0.1) is 0 Å². The second kappa shape index (κ2) is 5.68. The Labute approximate surface area is 123 Å². The van der Waals surface area contributed by atoms with E-state index in [0.29, 0.717) is 14.8 Å². The number of hydrogen-bond donors (Lipinski definition) is 2. The van der Waals surface area contributed by atoms with E-state index in [-0.39, 0.29) is 0 Å². The maximum absolute atomic E-state index is 6.14. The van der Waals surface area contributed by atoms with E-state index in [2.05, 4.69) is 11.6 Å². The SMILES string of the molecule is CSC1(CNc2ccc(C(N)=S)c(Cl)c2)CCC1. The zero-order valence-corrected chi connectivity index (χ0v) is 12.7. The summed E-state index contributed by atoms with van der Waals surface area (Å²) in [4.78, 5) is 0.339. The molecule has 2 nitrogen and oxygen atoms in total. The number of anilines is 1. The van der Waals surface area contributed by atoms with Crippen LogP contribution in [-0.2, 0) is 0 Å². The molecule has 0 bridgehead atoms. The zero-order chi connectivity index (χ0) is 13.2. The van der Waals surface area contributed by atoms with Crippen LogP contribution in [0.5, 0.6) is 0 Å². The third kappa shape index (κ3) is 2.92. The molecule has 1 fully saturated rings. The Kier molecular flexibility index (Phi) is 4.41. The molecule has 0 atom stereocenters. The maximum Gasteiger partial charge on any atom is 0.105 e. The Morgan fingerprint density at radius 3 is 2.72 bits per heavy atom. The molecule has 1 aromatic carbocycles. The smallest absolute Gasteiger partial charge is 0.105 e. The van der Waals surface area contributed by atoms with Crippen molar-refractivity contribution in [3.63, 3.8) is 0 Å². The average Bonchev–Trinajstić information content (AvgIpc) is 2.27. The van der Waals surface area contributed by atoms with Gasteiger partial charge in [-0.05, 0) is 37.3 Å². The summed E-state index contributed by atoms with van der Waals surface area (Å²) in [6, 6.07) is 5.75. The lowest BCUT2D eigenvalue weighted by Gasteiger charge is -2.40. The first-order valence-corrected chi connectivity index (χ1v) is 7.96. The Bertz CT molecular complexity index is 453. The molecule has 5 heteroatoms. The van der Waals surface area contributed by atoms with Crippen LogP contribution in [0.3, 0.4) is 0 Å². The van der Waals surface area contributed by atoms with Gasteiger partial charge in [0, 0.05) is 22.5 Å². The number of hydrogen-bond acceptors (Lipinski definition) is 3. The molecule has 18 heavy (non-hydrogen) atoms. The lowest BCUT2D eigenvalue weighted by Crippen LogP contribution is -2.40. The Balaban J connectivity index is 2.02. The van der Waals surface area contributed by atoms with E-state index in [4.69, 9.17) is 29.6 Å². The van der Waals surface area contributed by atoms with Crippen LogP contribution in [0.1, 0.15) is 24.8 Å². The maximum atomic E-state index is 6.14. The molecule has 0 saturated heterocycles. The first kappa shape index (κ1) is 14.0. The van der Waals surface area contributed by atoms with Crippen molar-refractivity contribution in [1.29, 1.82) is 0 Å². The van der Waals surface area contributed by atoms with Crippen molar-refractivity contribution < 1.29 is 0 Å². The molecule has 0 aliphatic heterocycles. The fourth-order valence-corrected chi connectivity index (χ4v) is 3.54. The molecule has 98 valence electrons. The highest BCUT2D eigenvalue weighted by Gasteiger charge is 2.35. The molecule has 0 spiro atoms. The standard InChI is InChI=1S/C13H17ClN2S2/c1-18-13(5-2-6-13)8-16-9-3-4-10(12(15)17)11(14)7-9/h3-4,7,16H,2,5-6,8H2,1H3,(H2,15,17).